The lowest BCUT2D eigenvalue weighted by Gasteiger charge is -2.03. The van der Waals surface area contributed by atoms with E-state index in [1.807, 2.05) is 12.1 Å². The zero-order valence-electron chi connectivity index (χ0n) is 9.36. The fourth-order valence-corrected chi connectivity index (χ4v) is 2.61. The van der Waals surface area contributed by atoms with Gasteiger partial charge in [0.15, 0.2) is 0 Å². The van der Waals surface area contributed by atoms with E-state index in [9.17, 15) is 0 Å². The van der Waals surface area contributed by atoms with Gasteiger partial charge in [-0.05, 0) is 24.1 Å². The maximum absolute atomic E-state index is 5.87. The van der Waals surface area contributed by atoms with Crippen LogP contribution < -0.4 is 5.32 Å². The Kier molecular flexibility index (Phi) is 6.60. The molecular formula is C13H15Cl2NS. The van der Waals surface area contributed by atoms with Crippen LogP contribution in [0.15, 0.2) is 42.5 Å². The van der Waals surface area contributed by atoms with Gasteiger partial charge in [0.05, 0.1) is 4.34 Å². The molecule has 1 nitrogen and oxygen atoms in total. The second-order valence-corrected chi connectivity index (χ2v) is 5.42. The molecule has 0 radical (unpaired) electrons. The van der Waals surface area contributed by atoms with E-state index in [4.69, 9.17) is 11.6 Å². The molecule has 1 heterocycles. The minimum atomic E-state index is 0. The quantitative estimate of drug-likeness (QED) is 0.815. The molecule has 2 aromatic rings. The van der Waals surface area contributed by atoms with Crippen LogP contribution in [0.2, 0.25) is 4.34 Å². The third kappa shape index (κ3) is 5.09. The molecule has 0 saturated heterocycles. The van der Waals surface area contributed by atoms with Gasteiger partial charge in [-0.1, -0.05) is 41.9 Å². The summed E-state index contributed by atoms with van der Waals surface area (Å²) >= 11 is 7.53. The van der Waals surface area contributed by atoms with Gasteiger partial charge in [0.2, 0.25) is 0 Å². The Morgan fingerprint density at radius 3 is 2.47 bits per heavy atom. The van der Waals surface area contributed by atoms with Crippen molar-refractivity contribution in [2.24, 2.45) is 0 Å². The van der Waals surface area contributed by atoms with E-state index in [-0.39, 0.29) is 12.4 Å². The second kappa shape index (κ2) is 7.72. The zero-order chi connectivity index (χ0) is 11.2. The predicted molar refractivity (Wildman–Crippen MR) is 78.4 cm³/mol. The molecule has 17 heavy (non-hydrogen) atoms. The maximum Gasteiger partial charge on any atom is 0.0931 e. The number of thiophene rings is 1. The lowest BCUT2D eigenvalue weighted by Crippen LogP contribution is -2.16. The van der Waals surface area contributed by atoms with Gasteiger partial charge in [0, 0.05) is 18.0 Å². The Bertz CT molecular complexity index is 428. The van der Waals surface area contributed by atoms with Crippen molar-refractivity contribution < 1.29 is 0 Å². The molecule has 4 heteroatoms. The molecule has 0 unspecified atom stereocenters. The molecule has 0 bridgehead atoms. The molecule has 0 saturated carbocycles. The summed E-state index contributed by atoms with van der Waals surface area (Å²) in [6.07, 6.45) is 1.05. The fraction of sp³-hybridized carbons (Fsp3) is 0.231. The first-order valence-electron chi connectivity index (χ1n) is 5.33. The Balaban J connectivity index is 0.00000144. The predicted octanol–water partition coefficient (Wildman–Crippen LogP) is 4.16. The first-order chi connectivity index (χ1) is 7.84. The minimum Gasteiger partial charge on any atom is -0.312 e. The van der Waals surface area contributed by atoms with Gasteiger partial charge in [-0.25, -0.2) is 0 Å². The summed E-state index contributed by atoms with van der Waals surface area (Å²) in [7, 11) is 0. The van der Waals surface area contributed by atoms with Gasteiger partial charge in [0.1, 0.15) is 0 Å². The Hall–Kier alpha value is -0.540. The molecule has 1 N–H and O–H groups in total. The minimum absolute atomic E-state index is 0. The summed E-state index contributed by atoms with van der Waals surface area (Å²) in [4.78, 5) is 1.34. The van der Waals surface area contributed by atoms with Crippen molar-refractivity contribution in [2.75, 3.05) is 6.54 Å². The van der Waals surface area contributed by atoms with Gasteiger partial charge in [-0.15, -0.1) is 23.7 Å². The largest absolute Gasteiger partial charge is 0.312 e. The van der Waals surface area contributed by atoms with E-state index in [0.29, 0.717) is 0 Å². The van der Waals surface area contributed by atoms with Crippen LogP contribution in [0.5, 0.6) is 0 Å². The highest BCUT2D eigenvalue weighted by Gasteiger charge is 1.97. The Labute approximate surface area is 117 Å². The van der Waals surface area contributed by atoms with Crippen molar-refractivity contribution >= 4 is 35.3 Å². The van der Waals surface area contributed by atoms with Crippen molar-refractivity contribution in [3.8, 4) is 0 Å². The van der Waals surface area contributed by atoms with Crippen molar-refractivity contribution in [1.82, 2.24) is 5.32 Å². The zero-order valence-corrected chi connectivity index (χ0v) is 11.7. The van der Waals surface area contributed by atoms with Gasteiger partial charge < -0.3 is 5.32 Å². The molecule has 0 atom stereocenters. The Morgan fingerprint density at radius 2 is 1.82 bits per heavy atom. The standard InChI is InChI=1S/C13H14ClNS.ClH/c14-13-7-6-12(16-13)8-9-15-10-11-4-2-1-3-5-11;/h1-7,15H,8-10H2;1H. The molecule has 0 aliphatic carbocycles. The highest BCUT2D eigenvalue weighted by Crippen LogP contribution is 2.21. The second-order valence-electron chi connectivity index (χ2n) is 3.62. The van der Waals surface area contributed by atoms with Gasteiger partial charge in [-0.2, -0.15) is 0 Å². The molecule has 0 amide bonds. The monoisotopic (exact) mass is 287 g/mol. The molecule has 0 spiro atoms. The molecule has 0 aliphatic heterocycles. The van der Waals surface area contributed by atoms with Crippen LogP contribution in [0.4, 0.5) is 0 Å². The van der Waals surface area contributed by atoms with Crippen molar-refractivity contribution in [3.05, 3.63) is 57.2 Å². The molecular weight excluding hydrogens is 273 g/mol. The summed E-state index contributed by atoms with van der Waals surface area (Å²) in [5.74, 6) is 0. The van der Waals surface area contributed by atoms with Crippen LogP contribution >= 0.6 is 35.3 Å². The molecule has 1 aromatic carbocycles. The molecule has 0 aliphatic rings. The summed E-state index contributed by atoms with van der Waals surface area (Å²) < 4.78 is 0.873. The number of hydrogen-bond acceptors (Lipinski definition) is 2. The van der Waals surface area contributed by atoms with Gasteiger partial charge >= 0.3 is 0 Å². The number of halogens is 2. The third-order valence-corrected chi connectivity index (χ3v) is 3.64. The summed E-state index contributed by atoms with van der Waals surface area (Å²) in [5.41, 5.74) is 1.33. The first-order valence-corrected chi connectivity index (χ1v) is 6.53. The van der Waals surface area contributed by atoms with E-state index in [1.54, 1.807) is 11.3 Å². The van der Waals surface area contributed by atoms with Crippen LogP contribution in [0, 0.1) is 0 Å². The average molecular weight is 288 g/mol. The number of hydrogen-bond donors (Lipinski definition) is 1. The van der Waals surface area contributed by atoms with Crippen molar-refractivity contribution in [2.45, 2.75) is 13.0 Å². The Morgan fingerprint density at radius 1 is 1.06 bits per heavy atom. The van der Waals surface area contributed by atoms with Gasteiger partial charge in [-0.3, -0.25) is 0 Å². The van der Waals surface area contributed by atoms with Gasteiger partial charge in [0.25, 0.3) is 0 Å². The van der Waals surface area contributed by atoms with Crippen LogP contribution in [-0.2, 0) is 13.0 Å². The van der Waals surface area contributed by atoms with E-state index in [2.05, 4.69) is 35.6 Å². The topological polar surface area (TPSA) is 12.0 Å². The number of benzene rings is 1. The number of rotatable bonds is 5. The highest BCUT2D eigenvalue weighted by atomic mass is 35.5. The molecule has 0 fully saturated rings. The lowest BCUT2D eigenvalue weighted by molar-refractivity contribution is 0.691. The maximum atomic E-state index is 5.87. The van der Waals surface area contributed by atoms with Crippen molar-refractivity contribution in [1.29, 1.82) is 0 Å². The molecule has 1 aromatic heterocycles. The smallest absolute Gasteiger partial charge is 0.0931 e. The first kappa shape index (κ1) is 14.5. The highest BCUT2D eigenvalue weighted by molar-refractivity contribution is 7.16. The molecule has 92 valence electrons. The summed E-state index contributed by atoms with van der Waals surface area (Å²) in [6, 6.07) is 14.5. The SMILES string of the molecule is Cl.Clc1ccc(CCNCc2ccccc2)s1. The molecule has 2 rings (SSSR count). The fourth-order valence-electron chi connectivity index (χ4n) is 1.53. The lowest BCUT2D eigenvalue weighted by atomic mass is 10.2. The van der Waals surface area contributed by atoms with Crippen LogP contribution in [0.1, 0.15) is 10.4 Å². The normalized spacial score (nSPS) is 9.94. The van der Waals surface area contributed by atoms with E-state index >= 15 is 0 Å². The van der Waals surface area contributed by atoms with E-state index < -0.39 is 0 Å². The summed E-state index contributed by atoms with van der Waals surface area (Å²) in [6.45, 7) is 1.92. The van der Waals surface area contributed by atoms with Crippen LogP contribution in [0.25, 0.3) is 0 Å². The van der Waals surface area contributed by atoms with Crippen LogP contribution in [0.3, 0.4) is 0 Å². The summed E-state index contributed by atoms with van der Waals surface area (Å²) in [5, 5.41) is 3.42. The van der Waals surface area contributed by atoms with E-state index in [1.165, 1.54) is 10.4 Å². The van der Waals surface area contributed by atoms with Crippen molar-refractivity contribution in [3.63, 3.8) is 0 Å². The third-order valence-electron chi connectivity index (χ3n) is 2.35. The van der Waals surface area contributed by atoms with E-state index in [0.717, 1.165) is 23.8 Å². The average Bonchev–Trinajstić information content (AvgIpc) is 2.72. The van der Waals surface area contributed by atoms with Crippen LogP contribution in [-0.4, -0.2) is 6.54 Å². The number of nitrogens with one attached hydrogen (secondary N) is 1.